The predicted octanol–water partition coefficient (Wildman–Crippen LogP) is 18.8. The molecule has 0 radical (unpaired) electrons. The first-order valence-electron chi connectivity index (χ1n) is 47.4. The summed E-state index contributed by atoms with van der Waals surface area (Å²) in [7, 11) is 7.71. The monoisotopic (exact) mass is 2120 g/mol. The molecule has 0 aliphatic carbocycles. The quantitative estimate of drug-likeness (QED) is 0.0175. The maximum Gasteiger partial charge on any atom is 0.251 e. The third-order valence-corrected chi connectivity index (χ3v) is 31.9. The summed E-state index contributed by atoms with van der Waals surface area (Å²) >= 11 is 19.1. The Hall–Kier alpha value is -12.8. The molecule has 146 heavy (non-hydrogen) atoms. The molecule has 3 saturated heterocycles. The fourth-order valence-corrected chi connectivity index (χ4v) is 21.5. The molecule has 43 heteroatoms. The number of methoxy groups -OCH3 is 6. The van der Waals surface area contributed by atoms with Gasteiger partial charge in [0.2, 0.25) is 29.7 Å². The fraction of sp³-hybridized carbons (Fsp3) is 0.340. The molecular weight excluding hydrogens is 2000 g/mol. The van der Waals surface area contributed by atoms with E-state index in [0.29, 0.717) is 155 Å². The SMILES string of the molecule is COc1cc(C(=O)NC2CCN(C)CC2)ccc1Nc1ncc(Cl)c(Nc2ccccc2P(C)(C)=O)n1.COc1cc(N2CCC(N3CCN(C)CC3)CC2)ccc1Nc1ncc(Cl)c(Nc2ccc(P(C)(C)=O)cc2OC)n1.COc1cc(P(C)(C)=O)ccc1Nc1ncc(Cl)c(Nc2ccccc2OC)n1.COc1cc2c(cc1Nc1nc(Nc3ccccc3P(C)(C)=O)c3cc[nH]c3n1)N(C(=O)CN(C)C)CC2. The molecule has 0 saturated carbocycles. The number of piperazine rings is 1. The van der Waals surface area contributed by atoms with Gasteiger partial charge in [0.05, 0.1) is 119 Å². The molecule has 4 aliphatic rings. The lowest BCUT2D eigenvalue weighted by atomic mass is 10.0. The van der Waals surface area contributed by atoms with E-state index >= 15 is 0 Å². The minimum atomic E-state index is -2.53. The number of nitrogens with zero attached hydrogens (tertiary/aromatic N) is 14. The lowest BCUT2D eigenvalue weighted by molar-refractivity contribution is -0.119. The molecule has 36 nitrogen and oxygen atoms in total. The Labute approximate surface area is 867 Å². The number of likely N-dealkylation sites (N-methyl/N-ethyl adjacent to an activating group) is 2. The Morgan fingerprint density at radius 1 is 0.418 bits per heavy atom. The summed E-state index contributed by atoms with van der Waals surface area (Å²) in [6, 6.07) is 51.1. The van der Waals surface area contributed by atoms with E-state index in [0.717, 1.165) is 114 Å². The minimum absolute atomic E-state index is 0.0446. The topological polar surface area (TPSA) is 404 Å². The van der Waals surface area contributed by atoms with E-state index in [1.165, 1.54) is 44.5 Å². The summed E-state index contributed by atoms with van der Waals surface area (Å²) < 4.78 is 83.8. The van der Waals surface area contributed by atoms with Crippen LogP contribution in [0.1, 0.15) is 41.6 Å². The van der Waals surface area contributed by atoms with Gasteiger partial charge in [0.25, 0.3) is 5.91 Å². The first kappa shape index (κ1) is 109. The number of hydrogen-bond acceptors (Lipinski definition) is 33. The largest absolute Gasteiger partial charge is 0.495 e. The van der Waals surface area contributed by atoms with E-state index in [-0.39, 0.29) is 23.8 Å². The lowest BCUT2D eigenvalue weighted by Crippen LogP contribution is -2.52. The number of nitrogens with one attached hydrogen (secondary N) is 10. The van der Waals surface area contributed by atoms with Crippen molar-refractivity contribution in [2.45, 2.75) is 44.2 Å². The number of para-hydroxylation sites is 4. The highest BCUT2D eigenvalue weighted by Crippen LogP contribution is 2.46. The van der Waals surface area contributed by atoms with Crippen molar-refractivity contribution in [1.29, 1.82) is 0 Å². The number of fused-ring (bicyclic) bond motifs is 2. The van der Waals surface area contributed by atoms with Crippen LogP contribution in [-0.4, -0.2) is 278 Å². The Bertz CT molecular complexity index is 7030. The summed E-state index contributed by atoms with van der Waals surface area (Å²) in [6.07, 6.45) is 11.3. The van der Waals surface area contributed by atoms with Crippen molar-refractivity contribution in [3.8, 4) is 34.5 Å². The van der Waals surface area contributed by atoms with Gasteiger partial charge in [-0.3, -0.25) is 14.5 Å². The number of anilines is 18. The average Bonchev–Trinajstić information content (AvgIpc) is 1.57. The van der Waals surface area contributed by atoms with E-state index in [4.69, 9.17) is 68.2 Å². The number of amides is 2. The zero-order valence-electron chi connectivity index (χ0n) is 85.2. The standard InChI is InChI=1S/C30H41ClN7O3P.C27H32N7O3P.C26H32ClN6O3P.C20H22ClN4O3P/c1-36-14-16-38(17-15-36)21-10-12-37(13-11-21)22-6-8-26(27(18-22)40-2)34-30-32-20-24(31)29(35-30)33-25-9-7-23(42(4,5)39)19-28(25)41-3;1-33(2)16-24(35)34-13-11-17-14-22(37-3)20(15-21(17)34)30-27-31-25-18(10-12-28-25)26(32-27)29-19-8-6-7-9-23(19)38(4,5)36;1-33-13-11-18(12-14-33)29-25(34)17-9-10-20(22(15-17)36-2)31-26-28-16-19(27)24(32-26)30-21-7-5-6-8-23(21)37(3,4)35;1-27-17-8-6-5-7-15(17)23-19-14(21)12-22-20(25-19)24-16-10-9-13(29(3,4)26)11-18(16)28-2/h6-9,18-21H,10-17H2,1-5H3,(H2,32,33,34,35);6-10,12,14-15H,11,13,16H2,1-5H3,(H3,28,29,30,31,32);5-10,15-16,18H,11-14H2,1-4H3,(H,29,34)(H2,28,30,31,32);5-12H,1-4H3,(H2,22,23,24,25). The smallest absolute Gasteiger partial charge is 0.251 e. The zero-order valence-corrected chi connectivity index (χ0v) is 91.1. The van der Waals surface area contributed by atoms with E-state index in [2.05, 4.69) is 134 Å². The molecule has 4 aliphatic heterocycles. The van der Waals surface area contributed by atoms with Crippen LogP contribution in [0.4, 0.5) is 104 Å². The van der Waals surface area contributed by atoms with Gasteiger partial charge in [0.15, 0.2) is 17.5 Å². The van der Waals surface area contributed by atoms with Gasteiger partial charge in [0, 0.05) is 108 Å². The van der Waals surface area contributed by atoms with E-state index in [1.54, 1.807) is 145 Å². The number of carbonyl (C=O) groups excluding carboxylic acids is 2. The Morgan fingerprint density at radius 3 is 1.34 bits per heavy atom. The van der Waals surface area contributed by atoms with Crippen molar-refractivity contribution in [3.05, 3.63) is 215 Å². The third-order valence-electron chi connectivity index (χ3n) is 25.0. The van der Waals surface area contributed by atoms with Crippen molar-refractivity contribution >= 4 is 211 Å². The van der Waals surface area contributed by atoms with Gasteiger partial charge in [-0.05, 0) is 254 Å². The molecule has 8 aromatic carbocycles. The van der Waals surface area contributed by atoms with Crippen LogP contribution in [0.15, 0.2) is 189 Å². The van der Waals surface area contributed by atoms with Gasteiger partial charge >= 0.3 is 0 Å². The van der Waals surface area contributed by atoms with Gasteiger partial charge in [-0.2, -0.15) is 24.9 Å². The molecular formula is C103H127Cl3N24O12P4. The van der Waals surface area contributed by atoms with Crippen molar-refractivity contribution in [2.75, 3.05) is 242 Å². The molecule has 9 heterocycles. The summed E-state index contributed by atoms with van der Waals surface area (Å²) in [6.45, 7) is 23.4. The van der Waals surface area contributed by atoms with Crippen LogP contribution in [-0.2, 0) is 29.5 Å². The van der Waals surface area contributed by atoms with Gasteiger partial charge in [0.1, 0.15) is 89.6 Å². The molecule has 13 aromatic rings. The lowest BCUT2D eigenvalue weighted by Gasteiger charge is -2.42. The number of likely N-dealkylation sites (tertiary alicyclic amines) is 1. The van der Waals surface area contributed by atoms with Gasteiger partial charge in [-0.25, -0.2) is 15.0 Å². The van der Waals surface area contributed by atoms with E-state index in [1.807, 2.05) is 133 Å². The number of ether oxygens (including phenoxy) is 6. The van der Waals surface area contributed by atoms with E-state index in [9.17, 15) is 27.8 Å². The van der Waals surface area contributed by atoms with Crippen LogP contribution >= 0.6 is 63.4 Å². The normalized spacial score (nSPS) is 14.3. The zero-order chi connectivity index (χ0) is 104. The first-order chi connectivity index (χ1) is 69.7. The molecule has 0 unspecified atom stereocenters. The highest BCUT2D eigenvalue weighted by atomic mass is 35.5. The second kappa shape index (κ2) is 48.7. The molecule has 2 amide bonds. The molecule has 0 bridgehead atoms. The molecule has 0 spiro atoms. The number of aromatic amines is 1. The number of halogens is 3. The Kier molecular flexibility index (Phi) is 36.3. The van der Waals surface area contributed by atoms with Crippen molar-refractivity contribution in [1.82, 2.24) is 69.8 Å². The molecule has 5 aromatic heterocycles. The molecule has 17 rings (SSSR count). The Balaban J connectivity index is 0.000000155. The van der Waals surface area contributed by atoms with Crippen LogP contribution < -0.4 is 107 Å². The van der Waals surface area contributed by atoms with Crippen LogP contribution in [0, 0.1) is 0 Å². The second-order valence-corrected chi connectivity index (χ2v) is 51.4. The van der Waals surface area contributed by atoms with Crippen LogP contribution in [0.5, 0.6) is 34.5 Å². The summed E-state index contributed by atoms with van der Waals surface area (Å²) in [5, 5.41) is 33.6. The summed E-state index contributed by atoms with van der Waals surface area (Å²) in [5.41, 5.74) is 9.65. The molecule has 772 valence electrons. The summed E-state index contributed by atoms with van der Waals surface area (Å²) in [5.74, 6) is 6.60. The van der Waals surface area contributed by atoms with Gasteiger partial charge < -0.3 is 124 Å². The fourth-order valence-electron chi connectivity index (χ4n) is 17.0. The summed E-state index contributed by atoms with van der Waals surface area (Å²) in [4.78, 5) is 78.1. The number of carbonyl (C=O) groups is 2. The first-order valence-corrected chi connectivity index (χ1v) is 58.9. The maximum atomic E-state index is 12.9. The third kappa shape index (κ3) is 28.3. The number of rotatable bonds is 32. The predicted molar refractivity (Wildman–Crippen MR) is 595 cm³/mol. The van der Waals surface area contributed by atoms with Gasteiger partial charge in [-0.15, -0.1) is 0 Å². The second-order valence-electron chi connectivity index (χ2n) is 37.3. The average molecular weight is 2120 g/mol. The van der Waals surface area contributed by atoms with Crippen LogP contribution in [0.2, 0.25) is 15.1 Å². The van der Waals surface area contributed by atoms with Gasteiger partial charge in [-0.1, -0.05) is 71.2 Å². The number of hydrogen-bond donors (Lipinski definition) is 10. The van der Waals surface area contributed by atoms with Crippen molar-refractivity contribution in [2.24, 2.45) is 0 Å². The molecule has 10 N–H and O–H groups in total. The highest BCUT2D eigenvalue weighted by molar-refractivity contribution is 7.71. The number of benzene rings is 8. The van der Waals surface area contributed by atoms with Crippen LogP contribution in [0.3, 0.4) is 0 Å². The number of aromatic nitrogens is 9. The Morgan fingerprint density at radius 2 is 0.842 bits per heavy atom. The van der Waals surface area contributed by atoms with Crippen molar-refractivity contribution in [3.63, 3.8) is 0 Å². The highest BCUT2D eigenvalue weighted by Gasteiger charge is 2.32. The molecule has 3 fully saturated rings. The maximum absolute atomic E-state index is 12.9. The van der Waals surface area contributed by atoms with E-state index < -0.39 is 28.6 Å². The van der Waals surface area contributed by atoms with Crippen molar-refractivity contribution < 1.29 is 56.3 Å². The molecule has 0 atom stereocenters. The number of piperidine rings is 2. The number of H-pyrrole nitrogens is 1. The minimum Gasteiger partial charge on any atom is -0.495 e. The van der Waals surface area contributed by atoms with Crippen LogP contribution in [0.25, 0.3) is 11.0 Å².